The van der Waals surface area contributed by atoms with Gasteiger partial charge in [0.2, 0.25) is 0 Å². The molecule has 0 saturated heterocycles. The summed E-state index contributed by atoms with van der Waals surface area (Å²) in [6.07, 6.45) is -0.193. The van der Waals surface area contributed by atoms with E-state index >= 15 is 0 Å². The van der Waals surface area contributed by atoms with Gasteiger partial charge in [-0.2, -0.15) is 0 Å². The number of nitro benzene ring substituents is 1. The smallest absolute Gasteiger partial charge is 0.305 e. The number of rotatable bonds is 7. The van der Waals surface area contributed by atoms with Crippen molar-refractivity contribution in [3.63, 3.8) is 0 Å². The van der Waals surface area contributed by atoms with Crippen LogP contribution in [0.1, 0.15) is 31.4 Å². The number of carbonyl (C=O) groups excluding carboxylic acids is 1. The van der Waals surface area contributed by atoms with Crippen LogP contribution in [-0.2, 0) is 9.53 Å². The molecule has 1 aromatic carbocycles. The van der Waals surface area contributed by atoms with Crippen LogP contribution < -0.4 is 4.74 Å². The second-order valence-electron chi connectivity index (χ2n) is 4.18. The Balaban J connectivity index is 2.69. The van der Waals surface area contributed by atoms with E-state index in [2.05, 4.69) is 4.74 Å². The van der Waals surface area contributed by atoms with Crippen LogP contribution in [0.25, 0.3) is 0 Å². The van der Waals surface area contributed by atoms with Crippen LogP contribution in [0.15, 0.2) is 18.2 Å². The predicted octanol–water partition coefficient (Wildman–Crippen LogP) is 1.98. The molecule has 7 nitrogen and oxygen atoms in total. The van der Waals surface area contributed by atoms with E-state index < -0.39 is 11.0 Å². The third kappa shape index (κ3) is 4.51. The number of nitro groups is 1. The van der Waals surface area contributed by atoms with Gasteiger partial charge in [-0.3, -0.25) is 14.9 Å². The Kier molecular flexibility index (Phi) is 5.92. The monoisotopic (exact) mass is 283 g/mol. The lowest BCUT2D eigenvalue weighted by Crippen LogP contribution is -2.06. The average molecular weight is 283 g/mol. The lowest BCUT2D eigenvalue weighted by molar-refractivity contribution is -0.385. The molecule has 0 aliphatic rings. The Labute approximate surface area is 116 Å². The minimum absolute atomic E-state index is 0.109. The Bertz CT molecular complexity index is 486. The largest absolute Gasteiger partial charge is 0.493 e. The molecule has 0 aliphatic heterocycles. The second-order valence-corrected chi connectivity index (χ2v) is 4.18. The maximum atomic E-state index is 10.9. The lowest BCUT2D eigenvalue weighted by Gasteiger charge is -2.13. The van der Waals surface area contributed by atoms with Crippen molar-refractivity contribution in [2.24, 2.45) is 0 Å². The Hall–Kier alpha value is -2.15. The molecule has 0 radical (unpaired) electrons. The number of aliphatic hydroxyl groups excluding tert-OH is 1. The normalized spacial score (nSPS) is 11.8. The number of esters is 1. The van der Waals surface area contributed by atoms with Crippen molar-refractivity contribution in [1.29, 1.82) is 0 Å². The molecule has 1 atom stereocenters. The first-order chi connectivity index (χ1) is 9.45. The molecule has 0 unspecified atom stereocenters. The number of carbonyl (C=O) groups is 1. The van der Waals surface area contributed by atoms with Crippen LogP contribution >= 0.6 is 0 Å². The lowest BCUT2D eigenvalue weighted by atomic mass is 10.1. The highest BCUT2D eigenvalue weighted by molar-refractivity contribution is 5.69. The molecule has 0 heterocycles. The Morgan fingerprint density at radius 2 is 2.20 bits per heavy atom. The summed E-state index contributed by atoms with van der Waals surface area (Å²) in [5.74, 6) is 0.0449. The molecule has 7 heteroatoms. The van der Waals surface area contributed by atoms with Gasteiger partial charge in [0.25, 0.3) is 5.69 Å². The number of nitrogens with zero attached hydrogens (tertiary/aromatic N) is 1. The molecule has 0 spiro atoms. The van der Waals surface area contributed by atoms with Gasteiger partial charge < -0.3 is 14.6 Å². The van der Waals surface area contributed by atoms with Crippen molar-refractivity contribution in [1.82, 2.24) is 0 Å². The van der Waals surface area contributed by atoms with E-state index in [0.29, 0.717) is 17.7 Å². The fourth-order valence-electron chi connectivity index (χ4n) is 1.61. The average Bonchev–Trinajstić information content (AvgIpc) is 2.42. The zero-order chi connectivity index (χ0) is 15.1. The van der Waals surface area contributed by atoms with Gasteiger partial charge in [0.05, 0.1) is 24.7 Å². The first-order valence-electron chi connectivity index (χ1n) is 6.11. The molecular formula is C13H17NO6. The molecule has 0 saturated carbocycles. The van der Waals surface area contributed by atoms with E-state index in [-0.39, 0.29) is 24.7 Å². The van der Waals surface area contributed by atoms with Crippen molar-refractivity contribution in [2.75, 3.05) is 13.7 Å². The Morgan fingerprint density at radius 3 is 2.75 bits per heavy atom. The first kappa shape index (κ1) is 15.9. The topological polar surface area (TPSA) is 98.9 Å². The number of aliphatic hydroxyl groups is 1. The summed E-state index contributed by atoms with van der Waals surface area (Å²) in [6.45, 7) is 1.76. The fourth-order valence-corrected chi connectivity index (χ4v) is 1.61. The summed E-state index contributed by atoms with van der Waals surface area (Å²) in [4.78, 5) is 21.1. The summed E-state index contributed by atoms with van der Waals surface area (Å²) in [5, 5.41) is 20.3. The molecular weight excluding hydrogens is 266 g/mol. The maximum Gasteiger partial charge on any atom is 0.305 e. The fraction of sp³-hybridized carbons (Fsp3) is 0.462. The van der Waals surface area contributed by atoms with E-state index in [9.17, 15) is 20.0 Å². The van der Waals surface area contributed by atoms with E-state index in [1.807, 2.05) is 0 Å². The number of non-ortho nitro benzene ring substituents is 1. The molecule has 0 aromatic heterocycles. The van der Waals surface area contributed by atoms with E-state index in [1.54, 1.807) is 0 Å². The van der Waals surface area contributed by atoms with Crippen molar-refractivity contribution >= 4 is 11.7 Å². The highest BCUT2D eigenvalue weighted by Gasteiger charge is 2.15. The van der Waals surface area contributed by atoms with Crippen LogP contribution in [-0.4, -0.2) is 29.7 Å². The number of hydrogen-bond acceptors (Lipinski definition) is 6. The molecule has 1 N–H and O–H groups in total. The van der Waals surface area contributed by atoms with Crippen LogP contribution in [0.5, 0.6) is 5.75 Å². The van der Waals surface area contributed by atoms with Gasteiger partial charge in [0, 0.05) is 24.1 Å². The van der Waals surface area contributed by atoms with Gasteiger partial charge in [-0.15, -0.1) is 0 Å². The third-order valence-corrected chi connectivity index (χ3v) is 2.66. The van der Waals surface area contributed by atoms with E-state index in [4.69, 9.17) is 4.74 Å². The maximum absolute atomic E-state index is 10.9. The minimum Gasteiger partial charge on any atom is -0.493 e. The molecule has 0 bridgehead atoms. The van der Waals surface area contributed by atoms with E-state index in [1.165, 1.54) is 32.2 Å². The standard InChI is InChI=1S/C13H17NO6/c1-9(15)11-8-10(14(17)18)5-6-12(11)20-7-3-4-13(16)19-2/h5-6,8-9,15H,3-4,7H2,1-2H3/t9-/m0/s1. The van der Waals surface area contributed by atoms with Crippen molar-refractivity contribution in [2.45, 2.75) is 25.9 Å². The summed E-state index contributed by atoms with van der Waals surface area (Å²) < 4.78 is 9.93. The molecule has 0 amide bonds. The summed E-state index contributed by atoms with van der Waals surface area (Å²) in [6, 6.07) is 4.03. The number of methoxy groups -OCH3 is 1. The van der Waals surface area contributed by atoms with Gasteiger partial charge in [-0.05, 0) is 19.4 Å². The van der Waals surface area contributed by atoms with Crippen LogP contribution in [0, 0.1) is 10.1 Å². The van der Waals surface area contributed by atoms with Crippen LogP contribution in [0.4, 0.5) is 5.69 Å². The van der Waals surface area contributed by atoms with Gasteiger partial charge in [-0.1, -0.05) is 0 Å². The van der Waals surface area contributed by atoms with Crippen molar-refractivity contribution < 1.29 is 24.3 Å². The number of benzene rings is 1. The number of hydrogen-bond donors (Lipinski definition) is 1. The quantitative estimate of drug-likeness (QED) is 0.355. The van der Waals surface area contributed by atoms with Crippen molar-refractivity contribution in [3.8, 4) is 5.75 Å². The Morgan fingerprint density at radius 1 is 1.50 bits per heavy atom. The highest BCUT2D eigenvalue weighted by Crippen LogP contribution is 2.29. The van der Waals surface area contributed by atoms with Gasteiger partial charge in [0.1, 0.15) is 5.75 Å². The summed E-state index contributed by atoms with van der Waals surface area (Å²) in [7, 11) is 1.31. The van der Waals surface area contributed by atoms with Gasteiger partial charge in [0.15, 0.2) is 0 Å². The SMILES string of the molecule is COC(=O)CCCOc1ccc([N+](=O)[O-])cc1[C@H](C)O. The van der Waals surface area contributed by atoms with Crippen molar-refractivity contribution in [3.05, 3.63) is 33.9 Å². The number of ether oxygens (including phenoxy) is 2. The first-order valence-corrected chi connectivity index (χ1v) is 6.11. The van der Waals surface area contributed by atoms with Crippen LogP contribution in [0.3, 0.4) is 0 Å². The molecule has 1 aromatic rings. The summed E-state index contributed by atoms with van der Waals surface area (Å²) >= 11 is 0. The summed E-state index contributed by atoms with van der Waals surface area (Å²) in [5.41, 5.74) is 0.236. The molecule has 0 fully saturated rings. The molecule has 1 rings (SSSR count). The highest BCUT2D eigenvalue weighted by atomic mass is 16.6. The minimum atomic E-state index is -0.884. The molecule has 0 aliphatic carbocycles. The predicted molar refractivity (Wildman–Crippen MR) is 70.5 cm³/mol. The van der Waals surface area contributed by atoms with Gasteiger partial charge in [-0.25, -0.2) is 0 Å². The van der Waals surface area contributed by atoms with Crippen LogP contribution in [0.2, 0.25) is 0 Å². The second kappa shape index (κ2) is 7.44. The molecule has 20 heavy (non-hydrogen) atoms. The van der Waals surface area contributed by atoms with E-state index in [0.717, 1.165) is 0 Å². The zero-order valence-electron chi connectivity index (χ0n) is 11.4. The van der Waals surface area contributed by atoms with Gasteiger partial charge >= 0.3 is 5.97 Å². The third-order valence-electron chi connectivity index (χ3n) is 2.66. The molecule has 110 valence electrons. The zero-order valence-corrected chi connectivity index (χ0v) is 11.4.